The Balaban J connectivity index is 1.47. The number of nitrogens with one attached hydrogen (secondary N) is 2. The fourth-order valence-corrected chi connectivity index (χ4v) is 4.13. The molecule has 9 nitrogen and oxygen atoms in total. The summed E-state index contributed by atoms with van der Waals surface area (Å²) in [4.78, 5) is 32.9. The Morgan fingerprint density at radius 2 is 1.82 bits per heavy atom. The molecule has 39 heavy (non-hydrogen) atoms. The molecule has 3 heterocycles. The van der Waals surface area contributed by atoms with Crippen molar-refractivity contribution >= 4 is 16.5 Å². The summed E-state index contributed by atoms with van der Waals surface area (Å²) in [6.45, 7) is 5.05. The van der Waals surface area contributed by atoms with Gasteiger partial charge in [-0.1, -0.05) is 0 Å². The van der Waals surface area contributed by atoms with Gasteiger partial charge in [-0.2, -0.15) is 18.3 Å². The zero-order valence-electron chi connectivity index (χ0n) is 21.3. The van der Waals surface area contributed by atoms with Gasteiger partial charge in [0.05, 0.1) is 28.4 Å². The van der Waals surface area contributed by atoms with Gasteiger partial charge in [0.25, 0.3) is 11.1 Å². The van der Waals surface area contributed by atoms with Gasteiger partial charge in [-0.05, 0) is 57.2 Å². The first-order valence-electron chi connectivity index (χ1n) is 12.0. The zero-order valence-corrected chi connectivity index (χ0v) is 21.3. The van der Waals surface area contributed by atoms with Gasteiger partial charge in [-0.3, -0.25) is 9.59 Å². The highest BCUT2D eigenvalue weighted by Crippen LogP contribution is 2.32. The number of halogens is 4. The second kappa shape index (κ2) is 10.6. The van der Waals surface area contributed by atoms with Crippen LogP contribution in [0.25, 0.3) is 22.2 Å². The van der Waals surface area contributed by atoms with Crippen LogP contribution in [-0.2, 0) is 18.3 Å². The summed E-state index contributed by atoms with van der Waals surface area (Å²) >= 11 is 0. The summed E-state index contributed by atoms with van der Waals surface area (Å²) in [5.41, 5.74) is -4.11. The molecular weight excluding hydrogens is 520 g/mol. The molecule has 3 N–H and O–H groups in total. The number of hydrogen-bond donors (Lipinski definition) is 3. The van der Waals surface area contributed by atoms with Crippen LogP contribution in [0.3, 0.4) is 0 Å². The molecule has 4 rings (SSSR count). The van der Waals surface area contributed by atoms with Crippen molar-refractivity contribution in [1.82, 2.24) is 24.7 Å². The number of pyridine rings is 1. The summed E-state index contributed by atoms with van der Waals surface area (Å²) < 4.78 is 56.1. The third-order valence-electron chi connectivity index (χ3n) is 6.24. The lowest BCUT2D eigenvalue weighted by atomic mass is 10.0. The summed E-state index contributed by atoms with van der Waals surface area (Å²) in [5.74, 6) is -0.574. The predicted octanol–water partition coefficient (Wildman–Crippen LogP) is 4.21. The number of aromatic amines is 1. The van der Waals surface area contributed by atoms with Gasteiger partial charge in [0.2, 0.25) is 0 Å². The molecule has 0 bridgehead atoms. The van der Waals surface area contributed by atoms with Crippen LogP contribution < -0.4 is 16.4 Å². The topological polar surface area (TPSA) is 126 Å². The number of rotatable bonds is 8. The molecular formula is C26H26F4N6O3. The third-order valence-corrected chi connectivity index (χ3v) is 6.24. The maximum Gasteiger partial charge on any atom is 0.423 e. The van der Waals surface area contributed by atoms with E-state index in [9.17, 15) is 32.3 Å². The second-order valence-electron chi connectivity index (χ2n) is 9.76. The van der Waals surface area contributed by atoms with E-state index in [2.05, 4.69) is 20.4 Å². The standard InChI is InChI=1S/C26H26F4N6O3/c1-14(34-20-13-33-35-23(37)21(20)26(28,29)30)5-4-7-36-8-6-15-9-18(19(27)10-17(15)24(36)38)22-31-11-16(12-32-22)25(2,3)39/h6,8-14,39H,4-5,7H2,1-3H3,(H2,34,35,37)/t14-/m0/s1. The fourth-order valence-electron chi connectivity index (χ4n) is 4.13. The highest BCUT2D eigenvalue weighted by molar-refractivity contribution is 5.86. The van der Waals surface area contributed by atoms with E-state index < -0.39 is 46.0 Å². The van der Waals surface area contributed by atoms with Gasteiger partial charge in [-0.15, -0.1) is 0 Å². The van der Waals surface area contributed by atoms with E-state index in [1.54, 1.807) is 38.1 Å². The van der Waals surface area contributed by atoms with E-state index >= 15 is 0 Å². The van der Waals surface area contributed by atoms with Crippen molar-refractivity contribution < 1.29 is 22.7 Å². The molecule has 0 saturated heterocycles. The molecule has 1 atom stereocenters. The van der Waals surface area contributed by atoms with Gasteiger partial charge in [0.1, 0.15) is 11.4 Å². The van der Waals surface area contributed by atoms with Crippen molar-refractivity contribution in [2.45, 2.75) is 58.0 Å². The van der Waals surface area contributed by atoms with Crippen LogP contribution in [0.4, 0.5) is 23.2 Å². The van der Waals surface area contributed by atoms with Gasteiger partial charge >= 0.3 is 6.18 Å². The SMILES string of the molecule is C[C@@H](CCCn1ccc2cc(-c3ncc(C(C)(C)O)cn3)c(F)cc2c1=O)Nc1cn[nH]c(=O)c1C(F)(F)F. The van der Waals surface area contributed by atoms with Crippen LogP contribution in [0.2, 0.25) is 0 Å². The Labute approximate surface area is 219 Å². The van der Waals surface area contributed by atoms with Crippen LogP contribution in [0, 0.1) is 5.82 Å². The fraction of sp³-hybridized carbons (Fsp3) is 0.346. The number of H-pyrrole nitrogens is 1. The summed E-state index contributed by atoms with van der Waals surface area (Å²) in [6.07, 6.45) is 1.23. The second-order valence-corrected chi connectivity index (χ2v) is 9.76. The minimum Gasteiger partial charge on any atom is -0.386 e. The highest BCUT2D eigenvalue weighted by Gasteiger charge is 2.37. The van der Waals surface area contributed by atoms with Crippen LogP contribution in [0.5, 0.6) is 0 Å². The smallest absolute Gasteiger partial charge is 0.386 e. The first-order chi connectivity index (χ1) is 18.3. The Hall–Kier alpha value is -4.13. The van der Waals surface area contributed by atoms with Crippen molar-refractivity contribution in [3.8, 4) is 11.4 Å². The summed E-state index contributed by atoms with van der Waals surface area (Å²) in [5, 5.41) is 18.6. The lowest BCUT2D eigenvalue weighted by Crippen LogP contribution is -2.27. The largest absolute Gasteiger partial charge is 0.423 e. The van der Waals surface area contributed by atoms with E-state index in [-0.39, 0.29) is 23.3 Å². The third kappa shape index (κ3) is 6.14. The lowest BCUT2D eigenvalue weighted by molar-refractivity contribution is -0.138. The molecule has 1 aromatic carbocycles. The minimum atomic E-state index is -4.85. The molecule has 0 spiro atoms. The van der Waals surface area contributed by atoms with Gasteiger partial charge in [0.15, 0.2) is 5.82 Å². The molecule has 0 aliphatic rings. The molecule has 0 amide bonds. The average molecular weight is 547 g/mol. The maximum absolute atomic E-state index is 15.0. The Kier molecular flexibility index (Phi) is 7.55. The van der Waals surface area contributed by atoms with Crippen molar-refractivity contribution in [2.24, 2.45) is 0 Å². The van der Waals surface area contributed by atoms with Crippen molar-refractivity contribution in [3.05, 3.63) is 80.6 Å². The van der Waals surface area contributed by atoms with E-state index in [4.69, 9.17) is 0 Å². The first kappa shape index (κ1) is 27.9. The van der Waals surface area contributed by atoms with E-state index in [1.165, 1.54) is 23.0 Å². The number of aryl methyl sites for hydroxylation is 1. The van der Waals surface area contributed by atoms with E-state index in [1.807, 2.05) is 0 Å². The van der Waals surface area contributed by atoms with E-state index in [0.717, 1.165) is 12.3 Å². The van der Waals surface area contributed by atoms with Crippen LogP contribution >= 0.6 is 0 Å². The highest BCUT2D eigenvalue weighted by atomic mass is 19.4. The number of alkyl halides is 3. The lowest BCUT2D eigenvalue weighted by Gasteiger charge is -2.18. The number of aromatic nitrogens is 5. The number of hydrogen-bond acceptors (Lipinski definition) is 7. The summed E-state index contributed by atoms with van der Waals surface area (Å²) in [7, 11) is 0. The normalized spacial score (nSPS) is 13.0. The number of anilines is 1. The van der Waals surface area contributed by atoms with Gasteiger partial charge in [0, 0.05) is 36.7 Å². The van der Waals surface area contributed by atoms with Crippen LogP contribution in [-0.4, -0.2) is 35.9 Å². The number of benzene rings is 1. The van der Waals surface area contributed by atoms with Crippen molar-refractivity contribution in [1.29, 1.82) is 0 Å². The maximum atomic E-state index is 15.0. The molecule has 0 unspecified atom stereocenters. The minimum absolute atomic E-state index is 0.106. The predicted molar refractivity (Wildman–Crippen MR) is 137 cm³/mol. The molecule has 206 valence electrons. The molecule has 0 aliphatic heterocycles. The van der Waals surface area contributed by atoms with Crippen molar-refractivity contribution in [3.63, 3.8) is 0 Å². The zero-order chi connectivity index (χ0) is 28.5. The molecule has 4 aromatic rings. The molecule has 0 saturated carbocycles. The van der Waals surface area contributed by atoms with Crippen molar-refractivity contribution in [2.75, 3.05) is 5.32 Å². The number of nitrogens with zero attached hydrogens (tertiary/aromatic N) is 4. The van der Waals surface area contributed by atoms with Crippen LogP contribution in [0.1, 0.15) is 44.7 Å². The summed E-state index contributed by atoms with van der Waals surface area (Å²) in [6, 6.07) is 3.80. The molecule has 0 aliphatic carbocycles. The first-order valence-corrected chi connectivity index (χ1v) is 12.0. The van der Waals surface area contributed by atoms with Crippen LogP contribution in [0.15, 0.2) is 52.6 Å². The number of aliphatic hydroxyl groups is 1. The van der Waals surface area contributed by atoms with Gasteiger partial charge in [-0.25, -0.2) is 19.5 Å². The average Bonchev–Trinajstić information content (AvgIpc) is 2.84. The molecule has 0 radical (unpaired) electrons. The Morgan fingerprint density at radius 1 is 1.13 bits per heavy atom. The number of fused-ring (bicyclic) bond motifs is 1. The quantitative estimate of drug-likeness (QED) is 0.283. The molecule has 0 fully saturated rings. The molecule has 13 heteroatoms. The Bertz CT molecular complexity index is 1610. The Morgan fingerprint density at radius 3 is 2.46 bits per heavy atom. The van der Waals surface area contributed by atoms with E-state index in [0.29, 0.717) is 23.8 Å². The van der Waals surface area contributed by atoms with Gasteiger partial charge < -0.3 is 15.0 Å². The monoisotopic (exact) mass is 546 g/mol. The molecule has 3 aromatic heterocycles.